The number of nitrogen functional groups attached to an aromatic ring is 2. The molecule has 8 fully saturated rings. The lowest BCUT2D eigenvalue weighted by molar-refractivity contribution is -0.0848. The van der Waals surface area contributed by atoms with Crippen molar-refractivity contribution in [2.45, 2.75) is 77.0 Å². The van der Waals surface area contributed by atoms with E-state index in [4.69, 9.17) is 20.9 Å². The lowest BCUT2D eigenvalue weighted by Gasteiger charge is -2.56. The molecule has 6 heteroatoms. The van der Waals surface area contributed by atoms with Crippen molar-refractivity contribution in [3.05, 3.63) is 59.7 Å². The number of carbonyl (C=O) groups is 2. The maximum absolute atomic E-state index is 12.3. The largest absolute Gasteiger partial charge is 0.461 e. The van der Waals surface area contributed by atoms with Crippen molar-refractivity contribution in [1.29, 1.82) is 0 Å². The summed E-state index contributed by atoms with van der Waals surface area (Å²) >= 11 is 0. The number of nitrogens with two attached hydrogens (primary N) is 2. The molecular weight excluding hydrogens is 524 g/mol. The number of esters is 2. The lowest BCUT2D eigenvalue weighted by atomic mass is 9.50. The van der Waals surface area contributed by atoms with Gasteiger partial charge in [-0.15, -0.1) is 0 Å². The van der Waals surface area contributed by atoms with Crippen molar-refractivity contribution in [2.24, 2.45) is 46.3 Å². The van der Waals surface area contributed by atoms with Crippen molar-refractivity contribution in [3.8, 4) is 0 Å². The fourth-order valence-corrected chi connectivity index (χ4v) is 10.9. The van der Waals surface area contributed by atoms with Gasteiger partial charge in [0, 0.05) is 22.2 Å². The van der Waals surface area contributed by atoms with E-state index >= 15 is 0 Å². The molecule has 8 aliphatic rings. The number of carbonyl (C=O) groups excluding carboxylic acids is 2. The Morgan fingerprint density at radius 3 is 1.12 bits per heavy atom. The van der Waals surface area contributed by atoms with Crippen molar-refractivity contribution in [3.63, 3.8) is 0 Å². The Morgan fingerprint density at radius 1 is 0.548 bits per heavy atom. The quantitative estimate of drug-likeness (QED) is 0.279. The van der Waals surface area contributed by atoms with Crippen molar-refractivity contribution in [2.75, 3.05) is 24.7 Å². The second kappa shape index (κ2) is 10.9. The lowest BCUT2D eigenvalue weighted by Crippen LogP contribution is -2.48. The Morgan fingerprint density at radius 2 is 0.833 bits per heavy atom. The molecule has 0 spiro atoms. The average molecular weight is 571 g/mol. The number of ether oxygens (including phenoxy) is 2. The summed E-state index contributed by atoms with van der Waals surface area (Å²) in [5, 5.41) is 0. The summed E-state index contributed by atoms with van der Waals surface area (Å²) in [5.41, 5.74) is 14.3. The number of hydrogen-bond acceptors (Lipinski definition) is 6. The van der Waals surface area contributed by atoms with Crippen LogP contribution in [-0.4, -0.2) is 25.2 Å². The molecule has 8 aliphatic carbocycles. The third-order valence-electron chi connectivity index (χ3n) is 11.7. The molecule has 0 aliphatic heterocycles. The predicted molar refractivity (Wildman–Crippen MR) is 163 cm³/mol. The Bertz CT molecular complexity index is 1160. The van der Waals surface area contributed by atoms with Crippen LogP contribution in [0, 0.1) is 46.3 Å². The van der Waals surface area contributed by atoms with E-state index in [1.807, 2.05) is 24.3 Å². The van der Waals surface area contributed by atoms with Crippen molar-refractivity contribution >= 4 is 23.3 Å². The summed E-state index contributed by atoms with van der Waals surface area (Å²) in [6.45, 7) is 1.17. The van der Waals surface area contributed by atoms with Crippen LogP contribution in [0.25, 0.3) is 0 Å². The van der Waals surface area contributed by atoms with Gasteiger partial charge in [0.2, 0.25) is 0 Å². The van der Waals surface area contributed by atoms with Crippen LogP contribution >= 0.6 is 0 Å². The van der Waals surface area contributed by atoms with E-state index in [-0.39, 0.29) is 22.8 Å². The summed E-state index contributed by atoms with van der Waals surface area (Å²) in [6.07, 6.45) is 16.1. The van der Waals surface area contributed by atoms with Gasteiger partial charge in [-0.25, -0.2) is 9.59 Å². The van der Waals surface area contributed by atoms with Gasteiger partial charge in [-0.05, 0) is 137 Å². The van der Waals surface area contributed by atoms with Gasteiger partial charge in [-0.3, -0.25) is 0 Å². The van der Waals surface area contributed by atoms with Crippen LogP contribution in [0.2, 0.25) is 0 Å². The first kappa shape index (κ1) is 27.8. The smallest absolute Gasteiger partial charge is 0.340 e. The van der Waals surface area contributed by atoms with E-state index in [1.54, 1.807) is 24.3 Å². The summed E-state index contributed by atoms with van der Waals surface area (Å²) < 4.78 is 11.3. The molecule has 0 heterocycles. The summed E-state index contributed by atoms with van der Waals surface area (Å²) in [4.78, 5) is 24.5. The minimum absolute atomic E-state index is 0.260. The van der Waals surface area contributed by atoms with E-state index in [9.17, 15) is 9.59 Å². The van der Waals surface area contributed by atoms with E-state index in [2.05, 4.69) is 0 Å². The molecule has 224 valence electrons. The Balaban J connectivity index is 0.000000137. The minimum Gasteiger partial charge on any atom is -0.461 e. The number of anilines is 2. The maximum Gasteiger partial charge on any atom is 0.340 e. The summed E-state index contributed by atoms with van der Waals surface area (Å²) in [6, 6.07) is 14.3. The fraction of sp³-hybridized carbons (Fsp3) is 0.611. The molecule has 0 radical (unpaired) electrons. The van der Waals surface area contributed by atoms with Gasteiger partial charge in [0.05, 0.1) is 24.3 Å². The predicted octanol–water partition coefficient (Wildman–Crippen LogP) is 7.28. The molecule has 2 aromatic rings. The molecule has 8 bridgehead atoms. The van der Waals surface area contributed by atoms with Crippen molar-refractivity contribution < 1.29 is 19.1 Å². The Kier molecular flexibility index (Phi) is 7.22. The standard InChI is InChI=1S/2C18H23NO2/c2*19-16-4-2-1-3-15(16)17(20)21-11-18-8-12-5-13(9-18)7-14(6-12)10-18/h2*1-4,12-14H,5-11,19H2. The van der Waals surface area contributed by atoms with Gasteiger partial charge in [-0.2, -0.15) is 0 Å². The zero-order valence-electron chi connectivity index (χ0n) is 24.8. The fourth-order valence-electron chi connectivity index (χ4n) is 10.9. The SMILES string of the molecule is Nc1ccccc1C(=O)OCC12CC3CC(CC(C3)C1)C2.Nc1ccccc1C(=O)OCC12CC3CC(CC(C3)C1)C2. The zero-order valence-corrected chi connectivity index (χ0v) is 24.8. The first-order valence-corrected chi connectivity index (χ1v) is 16.3. The van der Waals surface area contributed by atoms with E-state index in [0.29, 0.717) is 35.7 Å². The van der Waals surface area contributed by atoms with Crippen LogP contribution < -0.4 is 11.5 Å². The molecule has 0 atom stereocenters. The molecule has 0 aromatic heterocycles. The van der Waals surface area contributed by atoms with Crippen LogP contribution in [-0.2, 0) is 9.47 Å². The highest BCUT2D eigenvalue weighted by Gasteiger charge is 2.52. The molecule has 42 heavy (non-hydrogen) atoms. The van der Waals surface area contributed by atoms with E-state index in [1.165, 1.54) is 77.0 Å². The Labute approximate surface area is 249 Å². The topological polar surface area (TPSA) is 105 Å². The van der Waals surface area contributed by atoms with E-state index < -0.39 is 0 Å². The average Bonchev–Trinajstić information content (AvgIpc) is 2.94. The summed E-state index contributed by atoms with van der Waals surface area (Å²) in [7, 11) is 0. The van der Waals surface area contributed by atoms with E-state index in [0.717, 1.165) is 35.5 Å². The van der Waals surface area contributed by atoms with Crippen LogP contribution in [0.5, 0.6) is 0 Å². The molecule has 0 saturated heterocycles. The summed E-state index contributed by atoms with van der Waals surface area (Å²) in [5.74, 6) is 4.79. The molecule has 4 N–H and O–H groups in total. The van der Waals surface area contributed by atoms with Crippen LogP contribution in [0.3, 0.4) is 0 Å². The number of para-hydroxylation sites is 2. The van der Waals surface area contributed by atoms with Gasteiger partial charge in [-0.1, -0.05) is 24.3 Å². The molecule has 0 unspecified atom stereocenters. The molecule has 10 rings (SSSR count). The first-order valence-electron chi connectivity index (χ1n) is 16.3. The van der Waals surface area contributed by atoms with Crippen LogP contribution in [0.15, 0.2) is 48.5 Å². The zero-order chi connectivity index (χ0) is 28.9. The second-order valence-electron chi connectivity index (χ2n) is 15.2. The number of rotatable bonds is 6. The van der Waals surface area contributed by atoms with Crippen LogP contribution in [0.1, 0.15) is 97.8 Å². The number of hydrogen-bond donors (Lipinski definition) is 2. The monoisotopic (exact) mass is 570 g/mol. The number of benzene rings is 2. The molecule has 6 nitrogen and oxygen atoms in total. The first-order chi connectivity index (χ1) is 20.3. The third kappa shape index (κ3) is 5.54. The normalized spacial score (nSPS) is 36.7. The highest BCUT2D eigenvalue weighted by atomic mass is 16.5. The van der Waals surface area contributed by atoms with Crippen LogP contribution in [0.4, 0.5) is 11.4 Å². The molecule has 8 saturated carbocycles. The molecular formula is C36H46N2O4. The molecule has 0 amide bonds. The minimum atomic E-state index is -0.260. The highest BCUT2D eigenvalue weighted by Crippen LogP contribution is 2.61. The van der Waals surface area contributed by atoms with Gasteiger partial charge < -0.3 is 20.9 Å². The molecule has 2 aromatic carbocycles. The van der Waals surface area contributed by atoms with Gasteiger partial charge in [0.1, 0.15) is 0 Å². The second-order valence-corrected chi connectivity index (χ2v) is 15.2. The Hall–Kier alpha value is -3.02. The third-order valence-corrected chi connectivity index (χ3v) is 11.7. The maximum atomic E-state index is 12.3. The van der Waals surface area contributed by atoms with Crippen molar-refractivity contribution in [1.82, 2.24) is 0 Å². The highest BCUT2D eigenvalue weighted by molar-refractivity contribution is 5.95. The van der Waals surface area contributed by atoms with Gasteiger partial charge in [0.25, 0.3) is 0 Å². The van der Waals surface area contributed by atoms with Gasteiger partial charge in [0.15, 0.2) is 0 Å². The van der Waals surface area contributed by atoms with Gasteiger partial charge >= 0.3 is 11.9 Å².